The Morgan fingerprint density at radius 2 is 2.33 bits per heavy atom. The minimum atomic E-state index is 0.0498. The molecule has 1 heterocycles. The van der Waals surface area contributed by atoms with E-state index < -0.39 is 0 Å². The van der Waals surface area contributed by atoms with E-state index >= 15 is 0 Å². The number of likely N-dealkylation sites (tertiary alicyclic amines) is 1. The number of aliphatic hydroxyl groups excluding tert-OH is 1. The molecule has 1 unspecified atom stereocenters. The van der Waals surface area contributed by atoms with Gasteiger partial charge in [-0.05, 0) is 25.7 Å². The van der Waals surface area contributed by atoms with Crippen molar-refractivity contribution in [3.05, 3.63) is 0 Å². The third-order valence-corrected chi connectivity index (χ3v) is 2.90. The Hall–Kier alpha value is -0.610. The van der Waals surface area contributed by atoms with Crippen LogP contribution in [0, 0.1) is 0 Å². The summed E-state index contributed by atoms with van der Waals surface area (Å²) < 4.78 is 4.91. The molecule has 1 saturated heterocycles. The number of hydrogen-bond donors (Lipinski definition) is 1. The fourth-order valence-corrected chi connectivity index (χ4v) is 2.03. The molecule has 1 aliphatic heterocycles. The summed E-state index contributed by atoms with van der Waals surface area (Å²) in [6.45, 7) is 1.52. The van der Waals surface area contributed by atoms with Gasteiger partial charge < -0.3 is 14.7 Å². The van der Waals surface area contributed by atoms with Crippen molar-refractivity contribution < 1.29 is 14.6 Å². The Balaban J connectivity index is 2.34. The van der Waals surface area contributed by atoms with E-state index in [0.717, 1.165) is 32.2 Å². The van der Waals surface area contributed by atoms with E-state index in [0.29, 0.717) is 13.0 Å². The molecule has 1 aliphatic rings. The number of methoxy groups -OCH3 is 1. The van der Waals surface area contributed by atoms with Gasteiger partial charge in [0.05, 0.1) is 12.6 Å². The van der Waals surface area contributed by atoms with Gasteiger partial charge in [-0.25, -0.2) is 0 Å². The lowest BCUT2D eigenvalue weighted by Gasteiger charge is -2.34. The predicted octanol–water partition coefficient (Wildman–Crippen LogP) is 0.786. The maximum absolute atomic E-state index is 11.8. The number of ether oxygens (including phenoxy) is 1. The number of aliphatic hydroxyl groups is 1. The smallest absolute Gasteiger partial charge is 0.222 e. The lowest BCUT2D eigenvalue weighted by Crippen LogP contribution is -2.45. The van der Waals surface area contributed by atoms with Gasteiger partial charge in [0, 0.05) is 26.7 Å². The van der Waals surface area contributed by atoms with Crippen LogP contribution in [0.5, 0.6) is 0 Å². The molecular formula is C11H21NO3. The monoisotopic (exact) mass is 215 g/mol. The molecule has 0 radical (unpaired) electrons. The SMILES string of the molecule is COCCCC(=O)N1CCCCC1CO. The van der Waals surface area contributed by atoms with Gasteiger partial charge in [-0.2, -0.15) is 0 Å². The minimum absolute atomic E-state index is 0.0498. The lowest BCUT2D eigenvalue weighted by molar-refractivity contribution is -0.136. The van der Waals surface area contributed by atoms with E-state index in [1.165, 1.54) is 0 Å². The van der Waals surface area contributed by atoms with Crippen LogP contribution >= 0.6 is 0 Å². The molecule has 0 aliphatic carbocycles. The van der Waals surface area contributed by atoms with Gasteiger partial charge in [0.2, 0.25) is 5.91 Å². The van der Waals surface area contributed by atoms with Crippen molar-refractivity contribution in [2.75, 3.05) is 26.9 Å². The van der Waals surface area contributed by atoms with Crippen LogP contribution in [0.15, 0.2) is 0 Å². The van der Waals surface area contributed by atoms with E-state index in [1.807, 2.05) is 4.90 Å². The Morgan fingerprint density at radius 3 is 3.00 bits per heavy atom. The third kappa shape index (κ3) is 3.80. The molecule has 0 saturated carbocycles. The fraction of sp³-hybridized carbons (Fsp3) is 0.909. The van der Waals surface area contributed by atoms with Crippen molar-refractivity contribution in [3.63, 3.8) is 0 Å². The minimum Gasteiger partial charge on any atom is -0.394 e. The number of nitrogens with zero attached hydrogens (tertiary/aromatic N) is 1. The summed E-state index contributed by atoms with van der Waals surface area (Å²) in [6, 6.07) is 0.0498. The molecule has 88 valence electrons. The topological polar surface area (TPSA) is 49.8 Å². The first-order valence-electron chi connectivity index (χ1n) is 5.69. The van der Waals surface area contributed by atoms with Crippen LogP contribution in [-0.4, -0.2) is 48.8 Å². The van der Waals surface area contributed by atoms with Gasteiger partial charge in [0.1, 0.15) is 0 Å². The number of rotatable bonds is 5. The molecule has 1 amide bonds. The van der Waals surface area contributed by atoms with E-state index in [1.54, 1.807) is 7.11 Å². The number of carbonyl (C=O) groups is 1. The summed E-state index contributed by atoms with van der Waals surface area (Å²) in [5.74, 6) is 0.158. The molecule has 4 nitrogen and oxygen atoms in total. The number of carbonyl (C=O) groups excluding carboxylic acids is 1. The Labute approximate surface area is 91.2 Å². The van der Waals surface area contributed by atoms with Crippen molar-refractivity contribution >= 4 is 5.91 Å². The Kier molecular flexibility index (Phi) is 5.65. The summed E-state index contributed by atoms with van der Waals surface area (Å²) >= 11 is 0. The highest BCUT2D eigenvalue weighted by molar-refractivity contribution is 5.76. The van der Waals surface area contributed by atoms with E-state index in [2.05, 4.69) is 0 Å². The molecule has 4 heteroatoms. The molecule has 0 spiro atoms. The zero-order valence-corrected chi connectivity index (χ0v) is 9.45. The van der Waals surface area contributed by atoms with Crippen molar-refractivity contribution in [2.45, 2.75) is 38.1 Å². The van der Waals surface area contributed by atoms with E-state index in [-0.39, 0.29) is 18.6 Å². The van der Waals surface area contributed by atoms with Crippen LogP contribution < -0.4 is 0 Å². The molecular weight excluding hydrogens is 194 g/mol. The van der Waals surface area contributed by atoms with Crippen molar-refractivity contribution in [3.8, 4) is 0 Å². The average Bonchev–Trinajstić information content (AvgIpc) is 2.29. The van der Waals surface area contributed by atoms with Gasteiger partial charge in [0.15, 0.2) is 0 Å². The van der Waals surface area contributed by atoms with Crippen LogP contribution in [0.2, 0.25) is 0 Å². The summed E-state index contributed by atoms with van der Waals surface area (Å²) in [5, 5.41) is 9.16. The largest absolute Gasteiger partial charge is 0.394 e. The molecule has 1 N–H and O–H groups in total. The van der Waals surface area contributed by atoms with E-state index in [4.69, 9.17) is 9.84 Å². The molecule has 1 atom stereocenters. The zero-order chi connectivity index (χ0) is 11.1. The van der Waals surface area contributed by atoms with Gasteiger partial charge in [-0.1, -0.05) is 0 Å². The van der Waals surface area contributed by atoms with Crippen molar-refractivity contribution in [1.29, 1.82) is 0 Å². The Morgan fingerprint density at radius 1 is 1.53 bits per heavy atom. The van der Waals surface area contributed by atoms with Crippen LogP contribution in [0.4, 0.5) is 0 Å². The van der Waals surface area contributed by atoms with Gasteiger partial charge >= 0.3 is 0 Å². The maximum Gasteiger partial charge on any atom is 0.222 e. The molecule has 1 rings (SSSR count). The standard InChI is InChI=1S/C11H21NO3/c1-15-8-4-6-11(14)12-7-3-2-5-10(12)9-13/h10,13H,2-9H2,1H3. The summed E-state index contributed by atoms with van der Waals surface area (Å²) in [7, 11) is 1.64. The van der Waals surface area contributed by atoms with Gasteiger partial charge in [-0.15, -0.1) is 0 Å². The summed E-state index contributed by atoms with van der Waals surface area (Å²) in [4.78, 5) is 13.6. The van der Waals surface area contributed by atoms with Crippen LogP contribution in [0.1, 0.15) is 32.1 Å². The molecule has 0 bridgehead atoms. The number of piperidine rings is 1. The van der Waals surface area contributed by atoms with Crippen molar-refractivity contribution in [2.24, 2.45) is 0 Å². The highest BCUT2D eigenvalue weighted by Gasteiger charge is 2.25. The van der Waals surface area contributed by atoms with E-state index in [9.17, 15) is 4.79 Å². The Bertz CT molecular complexity index is 196. The molecule has 1 fully saturated rings. The first kappa shape index (κ1) is 12.5. The predicted molar refractivity (Wildman–Crippen MR) is 57.5 cm³/mol. The lowest BCUT2D eigenvalue weighted by atomic mass is 10.0. The first-order valence-corrected chi connectivity index (χ1v) is 5.69. The fourth-order valence-electron chi connectivity index (χ4n) is 2.03. The second kappa shape index (κ2) is 6.80. The van der Waals surface area contributed by atoms with Crippen LogP contribution in [0.3, 0.4) is 0 Å². The van der Waals surface area contributed by atoms with Crippen molar-refractivity contribution in [1.82, 2.24) is 4.90 Å². The number of amides is 1. The second-order valence-electron chi connectivity index (χ2n) is 4.02. The highest BCUT2D eigenvalue weighted by Crippen LogP contribution is 2.17. The molecule has 0 aromatic heterocycles. The zero-order valence-electron chi connectivity index (χ0n) is 9.45. The normalized spacial score (nSPS) is 21.7. The number of hydrogen-bond acceptors (Lipinski definition) is 3. The quantitative estimate of drug-likeness (QED) is 0.690. The van der Waals surface area contributed by atoms with Crippen LogP contribution in [0.25, 0.3) is 0 Å². The molecule has 0 aromatic rings. The van der Waals surface area contributed by atoms with Gasteiger partial charge in [0.25, 0.3) is 0 Å². The first-order chi connectivity index (χ1) is 7.29. The maximum atomic E-state index is 11.8. The van der Waals surface area contributed by atoms with Crippen LogP contribution in [-0.2, 0) is 9.53 Å². The molecule has 15 heavy (non-hydrogen) atoms. The van der Waals surface area contributed by atoms with Gasteiger partial charge in [-0.3, -0.25) is 4.79 Å². The second-order valence-corrected chi connectivity index (χ2v) is 4.02. The molecule has 0 aromatic carbocycles. The summed E-state index contributed by atoms with van der Waals surface area (Å²) in [5.41, 5.74) is 0. The third-order valence-electron chi connectivity index (χ3n) is 2.90. The average molecular weight is 215 g/mol. The highest BCUT2D eigenvalue weighted by atomic mass is 16.5. The summed E-state index contributed by atoms with van der Waals surface area (Å²) in [6.07, 6.45) is 4.42.